The average molecular weight is 726 g/mol. The van der Waals surface area contributed by atoms with Gasteiger partial charge < -0.3 is 10.3 Å². The van der Waals surface area contributed by atoms with Gasteiger partial charge in [0.25, 0.3) is 0 Å². The van der Waals surface area contributed by atoms with Crippen molar-refractivity contribution in [2.45, 2.75) is 107 Å². The van der Waals surface area contributed by atoms with Crippen LogP contribution in [0.3, 0.4) is 0 Å². The number of para-hydroxylation sites is 1. The van der Waals surface area contributed by atoms with Crippen LogP contribution in [-0.4, -0.2) is 29.3 Å². The Morgan fingerprint density at radius 1 is 0.841 bits per heavy atom. The first-order chi connectivity index (χ1) is 20.7. The maximum atomic E-state index is 13.2. The molecule has 0 radical (unpaired) electrons. The molecule has 0 aromatic heterocycles. The van der Waals surface area contributed by atoms with Gasteiger partial charge in [0.1, 0.15) is 10.1 Å². The molecule has 0 saturated heterocycles. The number of unbranched alkanes of at least 4 members (excludes halogenated alkanes) is 1. The summed E-state index contributed by atoms with van der Waals surface area (Å²) in [4.78, 5) is -0.531. The first kappa shape index (κ1) is 33.2. The van der Waals surface area contributed by atoms with Crippen molar-refractivity contribution in [3.05, 3.63) is 54.6 Å². The molecule has 2 unspecified atom stereocenters. The van der Waals surface area contributed by atoms with Crippen molar-refractivity contribution in [1.29, 1.82) is 0 Å². The van der Waals surface area contributed by atoms with Crippen LogP contribution < -0.4 is 5.73 Å². The van der Waals surface area contributed by atoms with Crippen LogP contribution in [0.5, 0.6) is 0 Å². The van der Waals surface area contributed by atoms with Crippen LogP contribution in [0.25, 0.3) is 11.1 Å². The van der Waals surface area contributed by atoms with Gasteiger partial charge in [0.15, 0.2) is 0 Å². The summed E-state index contributed by atoms with van der Waals surface area (Å²) in [5.41, 5.74) is 8.56. The zero-order chi connectivity index (χ0) is 29.8. The summed E-state index contributed by atoms with van der Waals surface area (Å²) in [5, 5.41) is 0.227. The van der Waals surface area contributed by atoms with Gasteiger partial charge in [-0.3, -0.25) is 0 Å². The van der Waals surface area contributed by atoms with Crippen molar-refractivity contribution in [3.63, 3.8) is 0 Å². The third kappa shape index (κ3) is 6.39. The van der Waals surface area contributed by atoms with Gasteiger partial charge in [-0.2, -0.15) is 0 Å². The van der Waals surface area contributed by atoms with Crippen LogP contribution >= 0.6 is 7.92 Å². The fourth-order valence-corrected chi connectivity index (χ4v) is 19.4. The Balaban J connectivity index is 0.000000207. The molecule has 242 valence electrons. The van der Waals surface area contributed by atoms with Gasteiger partial charge in [0.2, 0.25) is 0 Å². The zero-order valence-corrected chi connectivity index (χ0v) is 29.5. The van der Waals surface area contributed by atoms with Gasteiger partial charge in [-0.05, 0) is 147 Å². The van der Waals surface area contributed by atoms with E-state index < -0.39 is 23.0 Å². The number of nitrogen functional groups attached to an aromatic ring is 1. The van der Waals surface area contributed by atoms with Crippen LogP contribution in [0.2, 0.25) is 0 Å². The molecule has 44 heavy (non-hydrogen) atoms. The summed E-state index contributed by atoms with van der Waals surface area (Å²) in [7, 11) is -5.03. The third-order valence-corrected chi connectivity index (χ3v) is 18.8. The monoisotopic (exact) mass is 725 g/mol. The zero-order valence-electron chi connectivity index (χ0n) is 26.2. The van der Waals surface area contributed by atoms with Crippen molar-refractivity contribution in [2.75, 3.05) is 11.9 Å². The molecular formula is C37H50NO3PPdS. The Morgan fingerprint density at radius 2 is 1.34 bits per heavy atom. The molecule has 8 bridgehead atoms. The molecule has 2 atom stereocenters. The Kier molecular flexibility index (Phi) is 9.82. The van der Waals surface area contributed by atoms with Gasteiger partial charge in [-0.1, -0.05) is 45.0 Å². The fourth-order valence-electron chi connectivity index (χ4n) is 11.9. The number of benzene rings is 2. The van der Waals surface area contributed by atoms with Crippen LogP contribution in [0.4, 0.5) is 5.69 Å². The smallest absolute Gasteiger partial charge is 0.747 e. The van der Waals surface area contributed by atoms with Crippen molar-refractivity contribution in [2.24, 2.45) is 40.9 Å². The van der Waals surface area contributed by atoms with Crippen LogP contribution in [0, 0.1) is 47.0 Å². The minimum Gasteiger partial charge on any atom is -0.747 e. The molecule has 7 heteroatoms. The van der Waals surface area contributed by atoms with E-state index in [4.69, 9.17) is 5.73 Å². The van der Waals surface area contributed by atoms with E-state index in [-0.39, 0.29) is 31.0 Å². The van der Waals surface area contributed by atoms with Gasteiger partial charge >= 0.3 is 20.4 Å². The standard InChI is InChI=1S/C25H41O3PS.C12H10N.Pd/c1-2-3-4-29(25-14-20-8-21(15-25)10-22(9-20)16-25)23(30(26,27)28)24-11-17-5-18(12-24)7-19(6-17)13-24;13-12-9-5-4-8-11(12)10-6-2-1-3-7-10;/h17-23H,2-16H2,1H3,(H,26,27,28);1-6,8-9H,13H2;/q;-1;+2/p-1. The van der Waals surface area contributed by atoms with Gasteiger partial charge in [-0.15, -0.1) is 35.9 Å². The largest absolute Gasteiger partial charge is 2.00 e. The molecule has 2 aromatic carbocycles. The van der Waals surface area contributed by atoms with Gasteiger partial charge in [-0.25, -0.2) is 8.42 Å². The Morgan fingerprint density at radius 3 is 1.80 bits per heavy atom. The maximum absolute atomic E-state index is 13.2. The SMILES string of the molecule is CCCCP(C(C12CC3CC(CC(C3)C1)C2)S(=O)(=O)[O-])C12CC3CC(CC(C3)C1)C2.Nc1ccccc1-c1[c-]cccc1.[Pd+2]. The minimum absolute atomic E-state index is 0. The third-order valence-electron chi connectivity index (χ3n) is 12.5. The Labute approximate surface area is 281 Å². The maximum Gasteiger partial charge on any atom is 2.00 e. The first-order valence-corrected chi connectivity index (χ1v) is 20.3. The molecule has 8 aliphatic carbocycles. The first-order valence-electron chi connectivity index (χ1n) is 17.2. The second-order valence-electron chi connectivity index (χ2n) is 15.7. The molecule has 8 aliphatic rings. The molecule has 0 aliphatic heterocycles. The molecule has 2 aromatic rings. The van der Waals surface area contributed by atoms with E-state index in [2.05, 4.69) is 13.0 Å². The second-order valence-corrected chi connectivity index (χ2v) is 20.3. The van der Waals surface area contributed by atoms with E-state index >= 15 is 0 Å². The van der Waals surface area contributed by atoms with Crippen LogP contribution in [-0.2, 0) is 30.5 Å². The molecule has 4 nitrogen and oxygen atoms in total. The summed E-state index contributed by atoms with van der Waals surface area (Å²) in [6, 6.07) is 18.8. The Hall–Kier alpha value is -0.758. The molecule has 10 rings (SSSR count). The van der Waals surface area contributed by atoms with Gasteiger partial charge in [0, 0.05) is 0 Å². The summed E-state index contributed by atoms with van der Waals surface area (Å²) in [5.74, 6) is 4.61. The second kappa shape index (κ2) is 13.0. The molecule has 8 fully saturated rings. The molecule has 8 saturated carbocycles. The topological polar surface area (TPSA) is 83.2 Å². The Bertz CT molecular complexity index is 1330. The molecular weight excluding hydrogens is 676 g/mol. The predicted octanol–water partition coefficient (Wildman–Crippen LogP) is 9.06. The quantitative estimate of drug-likeness (QED) is 0.0968. The number of hydrogen-bond acceptors (Lipinski definition) is 4. The van der Waals surface area contributed by atoms with Crippen LogP contribution in [0.15, 0.2) is 48.5 Å². The van der Waals surface area contributed by atoms with E-state index in [0.717, 1.165) is 72.8 Å². The summed E-state index contributed by atoms with van der Waals surface area (Å²) in [6.07, 6.45) is 18.3. The number of hydrogen-bond donors (Lipinski definition) is 1. The van der Waals surface area contributed by atoms with Crippen molar-refractivity contribution >= 4 is 23.7 Å². The molecule has 0 amide bonds. The van der Waals surface area contributed by atoms with E-state index in [1.54, 1.807) is 0 Å². The summed E-state index contributed by atoms with van der Waals surface area (Å²) >= 11 is 0. The number of rotatable bonds is 8. The number of anilines is 1. The van der Waals surface area contributed by atoms with E-state index in [0.29, 0.717) is 17.8 Å². The fraction of sp³-hybridized carbons (Fsp3) is 0.676. The van der Waals surface area contributed by atoms with E-state index in [9.17, 15) is 13.0 Å². The molecule has 0 spiro atoms. The predicted molar refractivity (Wildman–Crippen MR) is 177 cm³/mol. The summed E-state index contributed by atoms with van der Waals surface area (Å²) < 4.78 is 39.6. The van der Waals surface area contributed by atoms with Crippen molar-refractivity contribution in [1.82, 2.24) is 0 Å². The van der Waals surface area contributed by atoms with Gasteiger partial charge in [0.05, 0.1) is 4.99 Å². The van der Waals surface area contributed by atoms with Crippen molar-refractivity contribution < 1.29 is 33.4 Å². The average Bonchev–Trinajstić information content (AvgIpc) is 2.94. The number of nitrogens with two attached hydrogens (primary N) is 1. The normalized spacial score (nSPS) is 37.5. The molecule has 2 N–H and O–H groups in total. The van der Waals surface area contributed by atoms with Crippen molar-refractivity contribution in [3.8, 4) is 11.1 Å². The van der Waals surface area contributed by atoms with E-state index in [1.807, 2.05) is 48.5 Å². The minimum atomic E-state index is -4.27. The van der Waals surface area contributed by atoms with E-state index in [1.165, 1.54) is 57.8 Å². The van der Waals surface area contributed by atoms with Crippen LogP contribution in [0.1, 0.15) is 96.8 Å². The summed E-state index contributed by atoms with van der Waals surface area (Å²) in [6.45, 7) is 2.23. The molecule has 0 heterocycles.